The summed E-state index contributed by atoms with van der Waals surface area (Å²) in [6.07, 6.45) is 5.10. The average Bonchev–Trinajstić information content (AvgIpc) is 2.25. The maximum absolute atomic E-state index is 13.4. The Morgan fingerprint density at radius 2 is 2.13 bits per heavy atom. The largest absolute Gasteiger partial charge is 0.310 e. The summed E-state index contributed by atoms with van der Waals surface area (Å²) in [6.45, 7) is 4.86. The Morgan fingerprint density at radius 3 is 2.80 bits per heavy atom. The first-order valence-corrected chi connectivity index (χ1v) is 5.34. The van der Waals surface area contributed by atoms with E-state index < -0.39 is 0 Å². The molecule has 0 saturated heterocycles. The Labute approximate surface area is 91.0 Å². The highest BCUT2D eigenvalue weighted by atomic mass is 19.1. The van der Waals surface area contributed by atoms with Crippen molar-refractivity contribution in [1.29, 1.82) is 0 Å². The van der Waals surface area contributed by atoms with E-state index >= 15 is 0 Å². The molecule has 2 heteroatoms. The molecule has 0 heterocycles. The van der Waals surface area contributed by atoms with Crippen LogP contribution in [0.25, 0.3) is 0 Å². The zero-order chi connectivity index (χ0) is 11.1. The molecule has 0 saturated carbocycles. The van der Waals surface area contributed by atoms with Crippen LogP contribution in [0.2, 0.25) is 0 Å². The quantitative estimate of drug-likeness (QED) is 0.576. The Bertz CT molecular complexity index is 320. The van der Waals surface area contributed by atoms with E-state index in [2.05, 4.69) is 11.4 Å². The molecule has 1 aromatic rings. The van der Waals surface area contributed by atoms with Gasteiger partial charge in [0.1, 0.15) is 5.82 Å². The highest BCUT2D eigenvalue weighted by Gasteiger charge is 2.08. The van der Waals surface area contributed by atoms with Gasteiger partial charge in [0.15, 0.2) is 0 Å². The summed E-state index contributed by atoms with van der Waals surface area (Å²) in [5.74, 6) is -0.136. The van der Waals surface area contributed by atoms with Gasteiger partial charge in [0.05, 0.1) is 0 Å². The average molecular weight is 207 g/mol. The molecule has 0 spiro atoms. The highest BCUT2D eigenvalue weighted by Crippen LogP contribution is 2.15. The van der Waals surface area contributed by atoms with Crippen LogP contribution in [0.1, 0.15) is 31.9 Å². The van der Waals surface area contributed by atoms with Crippen LogP contribution < -0.4 is 5.32 Å². The molecule has 0 aliphatic heterocycles. The molecule has 0 aromatic heterocycles. The molecule has 0 amide bonds. The van der Waals surface area contributed by atoms with E-state index in [0.29, 0.717) is 0 Å². The Balaban J connectivity index is 2.46. The van der Waals surface area contributed by atoms with Gasteiger partial charge in [-0.15, -0.1) is 0 Å². The van der Waals surface area contributed by atoms with Crippen molar-refractivity contribution in [3.8, 4) is 0 Å². The van der Waals surface area contributed by atoms with Crippen molar-refractivity contribution < 1.29 is 4.39 Å². The van der Waals surface area contributed by atoms with Gasteiger partial charge < -0.3 is 5.32 Å². The third-order valence-electron chi connectivity index (χ3n) is 2.37. The Hall–Kier alpha value is -1.15. The predicted molar refractivity (Wildman–Crippen MR) is 62.2 cm³/mol. The molecule has 0 fully saturated rings. The summed E-state index contributed by atoms with van der Waals surface area (Å²) in [5, 5.41) is 3.28. The van der Waals surface area contributed by atoms with E-state index in [1.807, 2.05) is 32.1 Å². The van der Waals surface area contributed by atoms with Crippen LogP contribution in [0.5, 0.6) is 0 Å². The predicted octanol–water partition coefficient (Wildman–Crippen LogP) is 3.44. The topological polar surface area (TPSA) is 12.0 Å². The molecule has 1 N–H and O–H groups in total. The number of allylic oxidation sites excluding steroid dienone is 1. The maximum atomic E-state index is 13.4. The Kier molecular flexibility index (Phi) is 5.05. The summed E-state index contributed by atoms with van der Waals surface area (Å²) in [5.41, 5.74) is 0.734. The lowest BCUT2D eigenvalue weighted by molar-refractivity contribution is 0.533. The molecule has 0 aliphatic rings. The van der Waals surface area contributed by atoms with Gasteiger partial charge in [-0.2, -0.15) is 0 Å². The van der Waals surface area contributed by atoms with Crippen LogP contribution in [0, 0.1) is 5.82 Å². The molecule has 1 aromatic carbocycles. The number of hydrogen-bond donors (Lipinski definition) is 1. The number of rotatable bonds is 5. The normalized spacial score (nSPS) is 13.3. The van der Waals surface area contributed by atoms with Crippen LogP contribution in [-0.2, 0) is 0 Å². The van der Waals surface area contributed by atoms with E-state index in [-0.39, 0.29) is 11.9 Å². The second-order valence-corrected chi connectivity index (χ2v) is 3.56. The zero-order valence-electron chi connectivity index (χ0n) is 9.33. The number of halogens is 1. The lowest BCUT2D eigenvalue weighted by Crippen LogP contribution is -2.20. The fraction of sp³-hybridized carbons (Fsp3) is 0.385. The van der Waals surface area contributed by atoms with E-state index in [4.69, 9.17) is 0 Å². The van der Waals surface area contributed by atoms with Crippen molar-refractivity contribution in [2.24, 2.45) is 0 Å². The van der Waals surface area contributed by atoms with Crippen molar-refractivity contribution in [2.45, 2.75) is 26.3 Å². The van der Waals surface area contributed by atoms with Gasteiger partial charge in [0.25, 0.3) is 0 Å². The summed E-state index contributed by atoms with van der Waals surface area (Å²) in [6, 6.07) is 6.97. The molecular formula is C13H18FN. The fourth-order valence-corrected chi connectivity index (χ4v) is 1.49. The molecule has 0 radical (unpaired) electrons. The summed E-state index contributed by atoms with van der Waals surface area (Å²) < 4.78 is 13.4. The minimum Gasteiger partial charge on any atom is -0.310 e. The first-order chi connectivity index (χ1) is 7.25. The molecule has 1 rings (SSSR count). The number of nitrogens with one attached hydrogen (secondary N) is 1. The highest BCUT2D eigenvalue weighted by molar-refractivity contribution is 5.20. The third-order valence-corrected chi connectivity index (χ3v) is 2.37. The third kappa shape index (κ3) is 3.84. The van der Waals surface area contributed by atoms with Gasteiger partial charge in [-0.3, -0.25) is 0 Å². The second kappa shape index (κ2) is 6.36. The van der Waals surface area contributed by atoms with Crippen LogP contribution in [0.4, 0.5) is 4.39 Å². The van der Waals surface area contributed by atoms with E-state index in [9.17, 15) is 4.39 Å². The van der Waals surface area contributed by atoms with Crippen molar-refractivity contribution in [3.05, 3.63) is 47.8 Å². The summed E-state index contributed by atoms with van der Waals surface area (Å²) in [4.78, 5) is 0. The minimum absolute atomic E-state index is 0.0662. The maximum Gasteiger partial charge on any atom is 0.127 e. The smallest absolute Gasteiger partial charge is 0.127 e. The van der Waals surface area contributed by atoms with Crippen molar-refractivity contribution in [2.75, 3.05) is 6.54 Å². The SMILES string of the molecule is C/C=C/CCNC(C)c1ccccc1F. The standard InChI is InChI=1S/C13H18FN/c1-3-4-7-10-15-11(2)12-8-5-6-9-13(12)14/h3-6,8-9,11,15H,7,10H2,1-2H3/b4-3+. The summed E-state index contributed by atoms with van der Waals surface area (Å²) >= 11 is 0. The van der Waals surface area contributed by atoms with Crippen LogP contribution >= 0.6 is 0 Å². The molecule has 15 heavy (non-hydrogen) atoms. The van der Waals surface area contributed by atoms with E-state index in [0.717, 1.165) is 18.5 Å². The van der Waals surface area contributed by atoms with Crippen LogP contribution in [0.3, 0.4) is 0 Å². The van der Waals surface area contributed by atoms with Crippen molar-refractivity contribution >= 4 is 0 Å². The van der Waals surface area contributed by atoms with E-state index in [1.165, 1.54) is 6.07 Å². The van der Waals surface area contributed by atoms with Gasteiger partial charge >= 0.3 is 0 Å². The lowest BCUT2D eigenvalue weighted by Gasteiger charge is -2.14. The lowest BCUT2D eigenvalue weighted by atomic mass is 10.1. The first kappa shape index (κ1) is 11.9. The molecule has 1 nitrogen and oxygen atoms in total. The van der Waals surface area contributed by atoms with Gasteiger partial charge in [-0.1, -0.05) is 30.4 Å². The molecule has 0 bridgehead atoms. The fourth-order valence-electron chi connectivity index (χ4n) is 1.49. The van der Waals surface area contributed by atoms with Crippen LogP contribution in [0.15, 0.2) is 36.4 Å². The molecule has 82 valence electrons. The van der Waals surface area contributed by atoms with Gasteiger partial charge in [0, 0.05) is 11.6 Å². The zero-order valence-corrected chi connectivity index (χ0v) is 9.33. The Morgan fingerprint density at radius 1 is 1.40 bits per heavy atom. The van der Waals surface area contributed by atoms with E-state index in [1.54, 1.807) is 6.07 Å². The number of benzene rings is 1. The monoisotopic (exact) mass is 207 g/mol. The molecule has 0 aliphatic carbocycles. The molecule has 1 unspecified atom stereocenters. The van der Waals surface area contributed by atoms with Gasteiger partial charge in [-0.25, -0.2) is 4.39 Å². The minimum atomic E-state index is -0.136. The summed E-state index contributed by atoms with van der Waals surface area (Å²) in [7, 11) is 0. The second-order valence-electron chi connectivity index (χ2n) is 3.56. The van der Waals surface area contributed by atoms with Gasteiger partial charge in [0.2, 0.25) is 0 Å². The van der Waals surface area contributed by atoms with Gasteiger partial charge in [-0.05, 0) is 32.9 Å². The van der Waals surface area contributed by atoms with Crippen molar-refractivity contribution in [3.63, 3.8) is 0 Å². The molecule has 1 atom stereocenters. The first-order valence-electron chi connectivity index (χ1n) is 5.34. The van der Waals surface area contributed by atoms with Crippen molar-refractivity contribution in [1.82, 2.24) is 5.32 Å². The molecular weight excluding hydrogens is 189 g/mol. The number of hydrogen-bond acceptors (Lipinski definition) is 1. The van der Waals surface area contributed by atoms with Crippen LogP contribution in [-0.4, -0.2) is 6.54 Å².